The predicted octanol–water partition coefficient (Wildman–Crippen LogP) is 5.07. The van der Waals surface area contributed by atoms with Crippen molar-refractivity contribution in [2.45, 2.75) is 13.1 Å². The van der Waals surface area contributed by atoms with Gasteiger partial charge in [0.05, 0.1) is 6.20 Å². The van der Waals surface area contributed by atoms with Gasteiger partial charge in [-0.2, -0.15) is 18.3 Å². The average molecular weight is 349 g/mol. The monoisotopic (exact) mass is 349 g/mol. The highest BCUT2D eigenvalue weighted by Crippen LogP contribution is 2.35. The molecule has 0 aliphatic rings. The summed E-state index contributed by atoms with van der Waals surface area (Å²) in [6, 6.07) is 8.46. The van der Waals surface area contributed by atoms with Crippen LogP contribution in [0.2, 0.25) is 0 Å². The van der Waals surface area contributed by atoms with Crippen LogP contribution >= 0.6 is 11.3 Å². The molecule has 0 fully saturated rings. The summed E-state index contributed by atoms with van der Waals surface area (Å²) in [4.78, 5) is 4.28. The Kier molecular flexibility index (Phi) is 3.24. The molecule has 0 N–H and O–H groups in total. The van der Waals surface area contributed by atoms with Crippen molar-refractivity contribution in [2.75, 3.05) is 0 Å². The first-order valence-corrected chi connectivity index (χ1v) is 7.89. The normalized spacial score (nSPS) is 12.2. The number of rotatable bonds is 2. The lowest BCUT2D eigenvalue weighted by molar-refractivity contribution is -0.142. The summed E-state index contributed by atoms with van der Waals surface area (Å²) in [6.45, 7) is 1.90. The molecular weight excluding hydrogens is 339 g/mol. The fourth-order valence-corrected chi connectivity index (χ4v) is 3.33. The van der Waals surface area contributed by atoms with Crippen molar-refractivity contribution in [1.29, 1.82) is 0 Å². The minimum absolute atomic E-state index is 0.141. The Balaban J connectivity index is 1.81. The molecule has 3 aromatic heterocycles. The van der Waals surface area contributed by atoms with Crippen molar-refractivity contribution in [3.05, 3.63) is 53.2 Å². The molecule has 0 saturated heterocycles. The molecule has 24 heavy (non-hydrogen) atoms. The van der Waals surface area contributed by atoms with Crippen LogP contribution in [0.3, 0.4) is 0 Å². The zero-order chi connectivity index (χ0) is 16.9. The highest BCUT2D eigenvalue weighted by molar-refractivity contribution is 7.12. The Bertz CT molecular complexity index is 1030. The second kappa shape index (κ2) is 5.20. The van der Waals surface area contributed by atoms with Crippen molar-refractivity contribution in [2.24, 2.45) is 0 Å². The largest absolute Gasteiger partial charge is 0.454 e. The number of alkyl halides is 3. The Hall–Kier alpha value is -2.61. The molecule has 0 aliphatic carbocycles. The molecule has 4 aromatic rings. The number of benzene rings is 1. The fraction of sp³-hybridized carbons (Fsp3) is 0.125. The topological polar surface area (TPSA) is 43.9 Å². The highest BCUT2D eigenvalue weighted by Gasteiger charge is 2.35. The van der Waals surface area contributed by atoms with E-state index in [1.54, 1.807) is 5.38 Å². The molecule has 0 unspecified atom stereocenters. The minimum Gasteiger partial charge on any atom is -0.454 e. The zero-order valence-corrected chi connectivity index (χ0v) is 13.1. The number of halogens is 3. The second-order valence-electron chi connectivity index (χ2n) is 5.19. The molecule has 0 bridgehead atoms. The maximum absolute atomic E-state index is 13.0. The number of hydrogen-bond donors (Lipinski definition) is 0. The smallest absolute Gasteiger partial charge is 0.433 e. The van der Waals surface area contributed by atoms with Gasteiger partial charge in [0.2, 0.25) is 5.13 Å². The number of furan rings is 1. The SMILES string of the molecule is Cc1c(-c2csc(-n3nccc3C(F)(F)F)n2)oc2ccccc12. The van der Waals surface area contributed by atoms with E-state index in [0.29, 0.717) is 11.5 Å². The lowest BCUT2D eigenvalue weighted by atomic mass is 10.1. The van der Waals surface area contributed by atoms with Crippen LogP contribution in [0, 0.1) is 6.92 Å². The molecule has 3 heterocycles. The summed E-state index contributed by atoms with van der Waals surface area (Å²) in [5.41, 5.74) is 1.26. The van der Waals surface area contributed by atoms with Crippen LogP contribution in [0.25, 0.3) is 27.6 Å². The molecule has 8 heteroatoms. The third-order valence-electron chi connectivity index (χ3n) is 3.68. The van der Waals surface area contributed by atoms with Gasteiger partial charge in [0.1, 0.15) is 11.3 Å². The molecule has 4 nitrogen and oxygen atoms in total. The van der Waals surface area contributed by atoms with Crippen LogP contribution < -0.4 is 0 Å². The van der Waals surface area contributed by atoms with Crippen LogP contribution in [0.1, 0.15) is 11.3 Å². The van der Waals surface area contributed by atoms with Crippen molar-refractivity contribution < 1.29 is 17.6 Å². The Morgan fingerprint density at radius 1 is 1.17 bits per heavy atom. The number of thiazole rings is 1. The average Bonchev–Trinajstić information content (AvgIpc) is 3.24. The Morgan fingerprint density at radius 3 is 2.71 bits per heavy atom. The van der Waals surface area contributed by atoms with Crippen LogP contribution in [0.5, 0.6) is 0 Å². The number of hydrogen-bond acceptors (Lipinski definition) is 4. The summed E-state index contributed by atoms with van der Waals surface area (Å²) >= 11 is 1.08. The molecule has 1 aromatic carbocycles. The molecule has 0 aliphatic heterocycles. The van der Waals surface area contributed by atoms with Gasteiger partial charge >= 0.3 is 6.18 Å². The van der Waals surface area contributed by atoms with Crippen molar-refractivity contribution in [3.8, 4) is 16.6 Å². The summed E-state index contributed by atoms with van der Waals surface area (Å²) in [5.74, 6) is 0.555. The van der Waals surface area contributed by atoms with E-state index in [1.807, 2.05) is 31.2 Å². The first-order chi connectivity index (χ1) is 11.4. The highest BCUT2D eigenvalue weighted by atomic mass is 32.1. The van der Waals surface area contributed by atoms with Gasteiger partial charge in [-0.15, -0.1) is 11.3 Å². The van der Waals surface area contributed by atoms with E-state index in [1.165, 1.54) is 0 Å². The standard InChI is InChI=1S/C16H10F3N3OS/c1-9-10-4-2-3-5-12(10)23-14(9)11-8-24-15(21-11)22-13(6-7-20-22)16(17,18)19/h2-8H,1H3. The van der Waals surface area contributed by atoms with Crippen LogP contribution in [-0.4, -0.2) is 14.8 Å². The van der Waals surface area contributed by atoms with Gasteiger partial charge in [-0.1, -0.05) is 18.2 Å². The third-order valence-corrected chi connectivity index (χ3v) is 4.50. The van der Waals surface area contributed by atoms with Crippen molar-refractivity contribution >= 4 is 22.3 Å². The minimum atomic E-state index is -4.49. The van der Waals surface area contributed by atoms with Gasteiger partial charge in [-0.05, 0) is 19.1 Å². The molecular formula is C16H10F3N3OS. The third kappa shape index (κ3) is 2.30. The number of aromatic nitrogens is 3. The lowest BCUT2D eigenvalue weighted by Gasteiger charge is -2.07. The maximum Gasteiger partial charge on any atom is 0.433 e. The van der Waals surface area contributed by atoms with Crippen molar-refractivity contribution in [1.82, 2.24) is 14.8 Å². The van der Waals surface area contributed by atoms with Crippen molar-refractivity contribution in [3.63, 3.8) is 0 Å². The van der Waals surface area contributed by atoms with E-state index >= 15 is 0 Å². The molecule has 4 rings (SSSR count). The molecule has 0 saturated carbocycles. The summed E-state index contributed by atoms with van der Waals surface area (Å²) in [5, 5.41) is 6.50. The number of para-hydroxylation sites is 1. The Labute approximate surface area is 138 Å². The van der Waals surface area contributed by atoms with Crippen LogP contribution in [0.4, 0.5) is 13.2 Å². The first-order valence-electron chi connectivity index (χ1n) is 7.01. The van der Waals surface area contributed by atoms with E-state index in [2.05, 4.69) is 10.1 Å². The van der Waals surface area contributed by atoms with Crippen LogP contribution in [0.15, 0.2) is 46.3 Å². The Morgan fingerprint density at radius 2 is 1.96 bits per heavy atom. The van der Waals surface area contributed by atoms with E-state index in [-0.39, 0.29) is 5.13 Å². The van der Waals surface area contributed by atoms with E-state index in [9.17, 15) is 13.2 Å². The predicted molar refractivity (Wildman–Crippen MR) is 84.2 cm³/mol. The van der Waals surface area contributed by atoms with Gasteiger partial charge in [0.25, 0.3) is 0 Å². The fourth-order valence-electron chi connectivity index (χ4n) is 2.55. The van der Waals surface area contributed by atoms with Gasteiger partial charge in [-0.25, -0.2) is 9.67 Å². The summed E-state index contributed by atoms with van der Waals surface area (Å²) < 4.78 is 45.6. The number of nitrogens with zero attached hydrogens (tertiary/aromatic N) is 3. The molecule has 122 valence electrons. The molecule has 0 atom stereocenters. The molecule has 0 amide bonds. The van der Waals surface area contributed by atoms with E-state index in [4.69, 9.17) is 4.42 Å². The van der Waals surface area contributed by atoms with E-state index < -0.39 is 11.9 Å². The van der Waals surface area contributed by atoms with Gasteiger partial charge < -0.3 is 4.42 Å². The maximum atomic E-state index is 13.0. The van der Waals surface area contributed by atoms with Gasteiger partial charge in [0, 0.05) is 16.3 Å². The zero-order valence-electron chi connectivity index (χ0n) is 12.3. The summed E-state index contributed by atoms with van der Waals surface area (Å²) in [6.07, 6.45) is -3.38. The lowest BCUT2D eigenvalue weighted by Crippen LogP contribution is -2.13. The molecule has 0 radical (unpaired) electrons. The molecule has 0 spiro atoms. The van der Waals surface area contributed by atoms with Gasteiger partial charge in [-0.3, -0.25) is 0 Å². The quantitative estimate of drug-likeness (QED) is 0.507. The number of fused-ring (bicyclic) bond motifs is 1. The number of aryl methyl sites for hydroxylation is 1. The second-order valence-corrected chi connectivity index (χ2v) is 6.03. The summed E-state index contributed by atoms with van der Waals surface area (Å²) in [7, 11) is 0. The first kappa shape index (κ1) is 14.9. The van der Waals surface area contributed by atoms with Crippen LogP contribution in [-0.2, 0) is 6.18 Å². The van der Waals surface area contributed by atoms with E-state index in [0.717, 1.165) is 44.8 Å². The van der Waals surface area contributed by atoms with Gasteiger partial charge in [0.15, 0.2) is 11.5 Å².